The highest BCUT2D eigenvalue weighted by Crippen LogP contribution is 2.52. The van der Waals surface area contributed by atoms with Crippen molar-refractivity contribution in [3.63, 3.8) is 0 Å². The second-order valence-electron chi connectivity index (χ2n) is 7.48. The molecule has 1 aromatic rings. The zero-order chi connectivity index (χ0) is 15.0. The number of hydrogen-bond acceptors (Lipinski definition) is 3. The van der Waals surface area contributed by atoms with E-state index in [1.54, 1.807) is 0 Å². The minimum absolute atomic E-state index is 0.230. The lowest BCUT2D eigenvalue weighted by Crippen LogP contribution is -2.67. The number of ether oxygens (including phenoxy) is 1. The van der Waals surface area contributed by atoms with E-state index in [0.717, 1.165) is 13.2 Å². The zero-order valence-corrected chi connectivity index (χ0v) is 13.7. The van der Waals surface area contributed by atoms with Gasteiger partial charge in [-0.05, 0) is 44.6 Å². The molecule has 3 nitrogen and oxygen atoms in total. The third-order valence-electron chi connectivity index (χ3n) is 5.11. The lowest BCUT2D eigenvalue weighted by Gasteiger charge is -2.60. The van der Waals surface area contributed by atoms with Crippen LogP contribution in [0.2, 0.25) is 0 Å². The van der Waals surface area contributed by atoms with Gasteiger partial charge in [-0.3, -0.25) is 0 Å². The van der Waals surface area contributed by atoms with E-state index in [0.29, 0.717) is 18.1 Å². The monoisotopic (exact) mass is 288 g/mol. The fourth-order valence-corrected chi connectivity index (χ4v) is 4.07. The Morgan fingerprint density at radius 3 is 2.62 bits per heavy atom. The van der Waals surface area contributed by atoms with Crippen LogP contribution in [0.25, 0.3) is 0 Å². The molecule has 0 bridgehead atoms. The van der Waals surface area contributed by atoms with Crippen molar-refractivity contribution in [2.24, 2.45) is 11.3 Å². The van der Waals surface area contributed by atoms with Crippen LogP contribution in [0.4, 0.5) is 5.69 Å². The maximum Gasteiger partial charge on any atom is 0.0693 e. The molecule has 0 spiro atoms. The molecule has 1 N–H and O–H groups in total. The summed E-state index contributed by atoms with van der Waals surface area (Å²) in [5.74, 6) is 0.676. The maximum absolute atomic E-state index is 5.98. The molecule has 3 heteroatoms. The second kappa shape index (κ2) is 5.62. The topological polar surface area (TPSA) is 24.5 Å². The molecule has 1 aromatic carbocycles. The summed E-state index contributed by atoms with van der Waals surface area (Å²) in [5.41, 5.74) is 2.82. The van der Waals surface area contributed by atoms with E-state index in [4.69, 9.17) is 4.74 Å². The van der Waals surface area contributed by atoms with Crippen LogP contribution in [0.3, 0.4) is 0 Å². The van der Waals surface area contributed by atoms with Gasteiger partial charge in [0, 0.05) is 36.2 Å². The summed E-state index contributed by atoms with van der Waals surface area (Å²) >= 11 is 0. The van der Waals surface area contributed by atoms with Gasteiger partial charge in [-0.15, -0.1) is 0 Å². The summed E-state index contributed by atoms with van der Waals surface area (Å²) in [6.07, 6.45) is 2.94. The first-order valence-corrected chi connectivity index (χ1v) is 8.10. The van der Waals surface area contributed by atoms with E-state index in [1.807, 2.05) is 0 Å². The number of rotatable bonds is 4. The van der Waals surface area contributed by atoms with Crippen molar-refractivity contribution < 1.29 is 4.74 Å². The van der Waals surface area contributed by atoms with Crippen molar-refractivity contribution >= 4 is 5.69 Å². The molecule has 1 saturated heterocycles. The third-order valence-corrected chi connectivity index (χ3v) is 5.11. The van der Waals surface area contributed by atoms with Gasteiger partial charge in [-0.25, -0.2) is 0 Å². The number of nitrogens with one attached hydrogen (secondary N) is 1. The SMILES string of the molecule is CN(C)Cc1ccc(NC2C3CCCOC3C2(C)C)cc1. The summed E-state index contributed by atoms with van der Waals surface area (Å²) < 4.78 is 5.98. The third kappa shape index (κ3) is 2.82. The average molecular weight is 288 g/mol. The molecule has 3 atom stereocenters. The van der Waals surface area contributed by atoms with Crippen LogP contribution in [0.1, 0.15) is 32.3 Å². The van der Waals surface area contributed by atoms with Gasteiger partial charge in [-0.2, -0.15) is 0 Å². The van der Waals surface area contributed by atoms with Gasteiger partial charge >= 0.3 is 0 Å². The number of benzene rings is 1. The smallest absolute Gasteiger partial charge is 0.0693 e. The Labute approximate surface area is 128 Å². The lowest BCUT2D eigenvalue weighted by atomic mass is 9.55. The van der Waals surface area contributed by atoms with E-state index < -0.39 is 0 Å². The van der Waals surface area contributed by atoms with Crippen LogP contribution >= 0.6 is 0 Å². The molecular formula is C18H28N2O. The fraction of sp³-hybridized carbons (Fsp3) is 0.667. The Kier molecular flexibility index (Phi) is 3.98. The standard InChI is InChI=1S/C18H28N2O/c1-18(2)16(15-6-5-11-21-17(15)18)19-14-9-7-13(8-10-14)12-20(3)4/h7-10,15-17,19H,5-6,11-12H2,1-4H3. The largest absolute Gasteiger partial charge is 0.381 e. The van der Waals surface area contributed by atoms with E-state index in [1.165, 1.54) is 24.1 Å². The molecule has 2 fully saturated rings. The van der Waals surface area contributed by atoms with Gasteiger partial charge in [0.05, 0.1) is 6.10 Å². The van der Waals surface area contributed by atoms with Crippen molar-refractivity contribution in [2.45, 2.75) is 45.4 Å². The molecule has 2 aliphatic rings. The van der Waals surface area contributed by atoms with Gasteiger partial charge in [0.1, 0.15) is 0 Å². The minimum Gasteiger partial charge on any atom is -0.381 e. The number of anilines is 1. The first kappa shape index (κ1) is 14.9. The molecule has 116 valence electrons. The molecule has 0 radical (unpaired) electrons. The molecule has 21 heavy (non-hydrogen) atoms. The van der Waals surface area contributed by atoms with Gasteiger partial charge < -0.3 is 15.0 Å². The average Bonchev–Trinajstić information content (AvgIpc) is 2.46. The van der Waals surface area contributed by atoms with E-state index in [2.05, 4.69) is 62.4 Å². The van der Waals surface area contributed by atoms with E-state index >= 15 is 0 Å². The quantitative estimate of drug-likeness (QED) is 0.919. The van der Waals surface area contributed by atoms with Crippen molar-refractivity contribution in [3.8, 4) is 0 Å². The van der Waals surface area contributed by atoms with Gasteiger partial charge in [0.15, 0.2) is 0 Å². The van der Waals surface area contributed by atoms with E-state index in [9.17, 15) is 0 Å². The first-order chi connectivity index (χ1) is 9.98. The van der Waals surface area contributed by atoms with Crippen molar-refractivity contribution in [1.82, 2.24) is 4.90 Å². The molecule has 1 heterocycles. The van der Waals surface area contributed by atoms with Crippen LogP contribution in [0.5, 0.6) is 0 Å². The van der Waals surface area contributed by atoms with Gasteiger partial charge in [0.25, 0.3) is 0 Å². The van der Waals surface area contributed by atoms with Crippen LogP contribution in [-0.2, 0) is 11.3 Å². The highest BCUT2D eigenvalue weighted by molar-refractivity contribution is 5.47. The molecule has 0 aromatic heterocycles. The highest BCUT2D eigenvalue weighted by atomic mass is 16.5. The Balaban J connectivity index is 1.66. The molecule has 1 aliphatic heterocycles. The highest BCUT2D eigenvalue weighted by Gasteiger charge is 2.57. The summed E-state index contributed by atoms with van der Waals surface area (Å²) in [7, 11) is 4.21. The number of nitrogens with zero attached hydrogens (tertiary/aromatic N) is 1. The summed E-state index contributed by atoms with van der Waals surface area (Å²) in [4.78, 5) is 2.20. The maximum atomic E-state index is 5.98. The molecule has 1 aliphatic carbocycles. The summed E-state index contributed by atoms with van der Waals surface area (Å²) in [6, 6.07) is 9.41. The molecule has 1 saturated carbocycles. The predicted octanol–water partition coefficient (Wildman–Crippen LogP) is 3.36. The van der Waals surface area contributed by atoms with Crippen molar-refractivity contribution in [1.29, 1.82) is 0 Å². The van der Waals surface area contributed by atoms with E-state index in [-0.39, 0.29) is 5.41 Å². The Morgan fingerprint density at radius 1 is 1.24 bits per heavy atom. The predicted molar refractivity (Wildman–Crippen MR) is 87.5 cm³/mol. The van der Waals surface area contributed by atoms with Gasteiger partial charge in [0.2, 0.25) is 0 Å². The zero-order valence-electron chi connectivity index (χ0n) is 13.7. The molecule has 3 rings (SSSR count). The minimum atomic E-state index is 0.230. The summed E-state index contributed by atoms with van der Waals surface area (Å²) in [6.45, 7) is 6.60. The van der Waals surface area contributed by atoms with Crippen LogP contribution < -0.4 is 5.32 Å². The summed E-state index contributed by atoms with van der Waals surface area (Å²) in [5, 5.41) is 3.75. The Bertz CT molecular complexity index is 480. The molecule has 0 amide bonds. The lowest BCUT2D eigenvalue weighted by molar-refractivity contribution is -0.177. The Morgan fingerprint density at radius 2 is 1.95 bits per heavy atom. The molecule has 3 unspecified atom stereocenters. The van der Waals surface area contributed by atoms with Gasteiger partial charge in [-0.1, -0.05) is 26.0 Å². The van der Waals surface area contributed by atoms with Crippen LogP contribution in [-0.4, -0.2) is 37.7 Å². The number of hydrogen-bond donors (Lipinski definition) is 1. The van der Waals surface area contributed by atoms with Crippen LogP contribution in [0, 0.1) is 11.3 Å². The normalized spacial score (nSPS) is 30.6. The second-order valence-corrected chi connectivity index (χ2v) is 7.48. The fourth-order valence-electron chi connectivity index (χ4n) is 4.07. The molecular weight excluding hydrogens is 260 g/mol. The van der Waals surface area contributed by atoms with Crippen molar-refractivity contribution in [2.75, 3.05) is 26.0 Å². The Hall–Kier alpha value is -1.06. The first-order valence-electron chi connectivity index (χ1n) is 8.10. The van der Waals surface area contributed by atoms with Crippen LogP contribution in [0.15, 0.2) is 24.3 Å². The number of fused-ring (bicyclic) bond motifs is 1. The van der Waals surface area contributed by atoms with Crippen molar-refractivity contribution in [3.05, 3.63) is 29.8 Å².